The second-order valence-electron chi connectivity index (χ2n) is 20.6. The zero-order chi connectivity index (χ0) is 55.0. The highest BCUT2D eigenvalue weighted by Gasteiger charge is 2.48. The standard InChI is InChI=1S/C50H81N9O15/c1-5-26(2)18-27(3)12-10-8-6-7-9-11-13-40(68)54-33-21-30(61)24-53-48(72)44-36(64)16-17-58(44)50(74)43(38(66)23-39(52)67)57-47(71)42(37(65)20-29-14-15-35(63)32(51)19-29)56-46(70)34-22-31(62)25-59(34)49(73)41(28(4)60)55-45(33)69/h14-15,19,26-28,30-31,33-34,36-38,41-44,60-66H,5-13,16-18,20-25,51H2,1-4H3,(H2,52,67)(H,53,72)(H,54,68)(H,55,69)(H,56,70)(H,57,71)/t26?,27?,28-,30+,31+,33?,34-,36-,37+,38-,41-,42-,43-,44-/m0/s1. The fourth-order valence-corrected chi connectivity index (χ4v) is 9.84. The van der Waals surface area contributed by atoms with E-state index < -0.39 is 159 Å². The lowest BCUT2D eigenvalue weighted by atomic mass is 9.91. The van der Waals surface area contributed by atoms with E-state index in [2.05, 4.69) is 47.4 Å². The molecular weight excluding hydrogens is 967 g/mol. The Labute approximate surface area is 431 Å². The number of phenolic OH excluding ortho intramolecular Hbond substituents is 1. The molecule has 16 N–H and O–H groups in total. The molecule has 3 aliphatic rings. The predicted octanol–water partition coefficient (Wildman–Crippen LogP) is -2.57. The van der Waals surface area contributed by atoms with Crippen molar-refractivity contribution >= 4 is 52.9 Å². The maximum atomic E-state index is 14.4. The van der Waals surface area contributed by atoms with E-state index in [1.807, 2.05) is 0 Å². The summed E-state index contributed by atoms with van der Waals surface area (Å²) in [6, 6.07) is -7.12. The summed E-state index contributed by atoms with van der Waals surface area (Å²) in [4.78, 5) is 112. The van der Waals surface area contributed by atoms with Crippen molar-refractivity contribution in [1.82, 2.24) is 36.4 Å². The number of aliphatic hydroxyl groups is 6. The lowest BCUT2D eigenvalue weighted by Gasteiger charge is -2.33. The van der Waals surface area contributed by atoms with E-state index in [0.717, 1.165) is 61.7 Å². The van der Waals surface area contributed by atoms with Crippen molar-refractivity contribution in [2.24, 2.45) is 17.6 Å². The maximum Gasteiger partial charge on any atom is 0.248 e. The van der Waals surface area contributed by atoms with Crippen molar-refractivity contribution in [2.45, 2.75) is 197 Å². The number of nitrogens with one attached hydrogen (secondary N) is 5. The summed E-state index contributed by atoms with van der Waals surface area (Å²) >= 11 is 0. The first-order chi connectivity index (χ1) is 34.9. The third-order valence-electron chi connectivity index (χ3n) is 14.2. The molecule has 14 atom stereocenters. The van der Waals surface area contributed by atoms with Gasteiger partial charge in [-0.3, -0.25) is 38.4 Å². The van der Waals surface area contributed by atoms with Gasteiger partial charge in [0.25, 0.3) is 0 Å². The van der Waals surface area contributed by atoms with Gasteiger partial charge in [-0.25, -0.2) is 0 Å². The molecule has 3 fully saturated rings. The summed E-state index contributed by atoms with van der Waals surface area (Å²) in [5.74, 6) is -7.51. The minimum Gasteiger partial charge on any atom is -0.506 e. The smallest absolute Gasteiger partial charge is 0.248 e. The maximum absolute atomic E-state index is 14.4. The highest BCUT2D eigenvalue weighted by Crippen LogP contribution is 2.26. The van der Waals surface area contributed by atoms with Crippen LogP contribution in [0.3, 0.4) is 0 Å². The van der Waals surface area contributed by atoms with E-state index in [1.165, 1.54) is 24.6 Å². The fourth-order valence-electron chi connectivity index (χ4n) is 9.84. The number of fused-ring (bicyclic) bond motifs is 2. The molecule has 0 radical (unpaired) electrons. The third-order valence-corrected chi connectivity index (χ3v) is 14.2. The number of carbonyl (C=O) groups is 8. The Morgan fingerprint density at radius 2 is 1.41 bits per heavy atom. The van der Waals surface area contributed by atoms with E-state index >= 15 is 0 Å². The first-order valence-electron chi connectivity index (χ1n) is 25.9. The van der Waals surface area contributed by atoms with Crippen LogP contribution in [0.15, 0.2) is 18.2 Å². The number of aliphatic hydroxyl groups excluding tert-OH is 6. The van der Waals surface area contributed by atoms with Crippen LogP contribution < -0.4 is 38.1 Å². The van der Waals surface area contributed by atoms with Gasteiger partial charge in [-0.15, -0.1) is 0 Å². The number of primary amides is 1. The number of β-amino-alcohol motifs (C(OH)–C–C–N with tert-alkyl or cyclic N) is 1. The van der Waals surface area contributed by atoms with Gasteiger partial charge in [0.1, 0.15) is 42.0 Å². The Balaban J connectivity index is 1.66. The summed E-state index contributed by atoms with van der Waals surface area (Å²) < 4.78 is 0. The number of anilines is 1. The molecule has 0 aromatic heterocycles. The van der Waals surface area contributed by atoms with Crippen LogP contribution in [0, 0.1) is 11.8 Å². The number of rotatable bonds is 20. The number of aromatic hydroxyl groups is 1. The monoisotopic (exact) mass is 1050 g/mol. The molecule has 0 spiro atoms. The van der Waals surface area contributed by atoms with Crippen molar-refractivity contribution in [1.29, 1.82) is 0 Å². The van der Waals surface area contributed by atoms with Crippen molar-refractivity contribution < 1.29 is 74.1 Å². The second kappa shape index (κ2) is 28.9. The summed E-state index contributed by atoms with van der Waals surface area (Å²) in [5.41, 5.74) is 11.3. The zero-order valence-corrected chi connectivity index (χ0v) is 43.0. The van der Waals surface area contributed by atoms with Crippen molar-refractivity contribution in [3.63, 3.8) is 0 Å². The molecule has 3 saturated heterocycles. The lowest BCUT2D eigenvalue weighted by Crippen LogP contribution is -2.64. The van der Waals surface area contributed by atoms with Gasteiger partial charge < -0.3 is 83.6 Å². The van der Waals surface area contributed by atoms with Gasteiger partial charge in [-0.1, -0.05) is 71.8 Å². The number of nitrogens with zero attached hydrogens (tertiary/aromatic N) is 2. The number of hydrogen-bond acceptors (Lipinski definition) is 16. The average Bonchev–Trinajstić information content (AvgIpc) is 3.93. The molecule has 1 aromatic carbocycles. The van der Waals surface area contributed by atoms with Crippen molar-refractivity contribution in [3.05, 3.63) is 23.8 Å². The van der Waals surface area contributed by atoms with Crippen LogP contribution in [-0.2, 0) is 44.8 Å². The number of unbranched alkanes of at least 4 members (excludes halogenated alkanes) is 5. The van der Waals surface area contributed by atoms with E-state index in [1.54, 1.807) is 0 Å². The van der Waals surface area contributed by atoms with Crippen LogP contribution in [0.2, 0.25) is 0 Å². The van der Waals surface area contributed by atoms with E-state index in [4.69, 9.17) is 11.5 Å². The number of carbonyl (C=O) groups excluding carboxylic acids is 8. The minimum atomic E-state index is -2.12. The molecule has 3 aliphatic heterocycles. The van der Waals surface area contributed by atoms with Crippen LogP contribution in [-0.4, -0.2) is 185 Å². The molecule has 24 nitrogen and oxygen atoms in total. The van der Waals surface area contributed by atoms with E-state index in [0.29, 0.717) is 18.3 Å². The molecule has 0 aliphatic carbocycles. The van der Waals surface area contributed by atoms with E-state index in [-0.39, 0.29) is 36.4 Å². The van der Waals surface area contributed by atoms with E-state index in [9.17, 15) is 74.1 Å². The van der Waals surface area contributed by atoms with Crippen LogP contribution in [0.5, 0.6) is 5.75 Å². The number of nitrogens with two attached hydrogens (primary N) is 2. The Morgan fingerprint density at radius 3 is 2.05 bits per heavy atom. The molecule has 0 saturated carbocycles. The Bertz CT molecular complexity index is 2100. The minimum absolute atomic E-state index is 0.00161. The largest absolute Gasteiger partial charge is 0.506 e. The summed E-state index contributed by atoms with van der Waals surface area (Å²) in [6.07, 6.45) is -3.99. The number of phenols is 1. The highest BCUT2D eigenvalue weighted by molar-refractivity contribution is 5.98. The van der Waals surface area contributed by atoms with Gasteiger partial charge in [-0.2, -0.15) is 0 Å². The molecule has 4 rings (SSSR count). The topological polar surface area (TPSA) is 397 Å². The van der Waals surface area contributed by atoms with Gasteiger partial charge in [0.15, 0.2) is 0 Å². The summed E-state index contributed by atoms with van der Waals surface area (Å²) in [7, 11) is 0. The SMILES string of the molecule is CCC(C)CC(C)CCCCCCCCC(=O)NC1C[C@@H](O)CNC(=O)[C@@H]2[C@@H](O)CCN2C(=O)[C@H]([C@@H](O)CC(N)=O)NC(=O)[C@H]([C@H](O)Cc2ccc(O)c(N)c2)NC(=O)[C@@H]2C[C@@H](O)CN2C(=O)[C@H]([C@H](C)O)NC1=O. The van der Waals surface area contributed by atoms with Gasteiger partial charge in [-0.05, 0) is 55.7 Å². The number of hydrogen-bond donors (Lipinski definition) is 14. The molecule has 3 heterocycles. The van der Waals surface area contributed by atoms with Crippen LogP contribution in [0.25, 0.3) is 0 Å². The molecule has 416 valence electrons. The molecule has 3 unspecified atom stereocenters. The van der Waals surface area contributed by atoms with Crippen LogP contribution in [0.1, 0.15) is 123 Å². The molecule has 74 heavy (non-hydrogen) atoms. The molecule has 1 aromatic rings. The zero-order valence-electron chi connectivity index (χ0n) is 43.0. The highest BCUT2D eigenvalue weighted by atomic mass is 16.3. The lowest BCUT2D eigenvalue weighted by molar-refractivity contribution is -0.147. The summed E-state index contributed by atoms with van der Waals surface area (Å²) in [6.45, 7) is 6.44. The quantitative estimate of drug-likeness (QED) is 0.0363. The van der Waals surface area contributed by atoms with Gasteiger partial charge >= 0.3 is 0 Å². The Morgan fingerprint density at radius 1 is 0.770 bits per heavy atom. The second-order valence-corrected chi connectivity index (χ2v) is 20.6. The molecule has 0 bridgehead atoms. The summed E-state index contributed by atoms with van der Waals surface area (Å²) in [5, 5.41) is 88.9. The van der Waals surface area contributed by atoms with Crippen LogP contribution in [0.4, 0.5) is 5.69 Å². The first-order valence-corrected chi connectivity index (χ1v) is 25.9. The predicted molar refractivity (Wildman–Crippen MR) is 268 cm³/mol. The van der Waals surface area contributed by atoms with Crippen LogP contribution >= 0.6 is 0 Å². The normalized spacial score (nSPS) is 27.8. The number of amides is 8. The Kier molecular flexibility index (Phi) is 23.7. The average molecular weight is 1050 g/mol. The Hall–Kier alpha value is -5.66. The molecule has 8 amide bonds. The first kappa shape index (κ1) is 60.9. The molecule has 24 heteroatoms. The number of benzene rings is 1. The third kappa shape index (κ3) is 17.7. The molecular formula is C50H81N9O15. The van der Waals surface area contributed by atoms with Gasteiger partial charge in [0.05, 0.1) is 48.7 Å². The fraction of sp³-hybridized carbons (Fsp3) is 0.720. The number of nitrogen functional groups attached to an aromatic ring is 1. The van der Waals surface area contributed by atoms with Crippen molar-refractivity contribution in [3.8, 4) is 5.75 Å². The van der Waals surface area contributed by atoms with Crippen molar-refractivity contribution in [2.75, 3.05) is 25.4 Å². The van der Waals surface area contributed by atoms with Gasteiger partial charge in [0, 0.05) is 45.3 Å². The van der Waals surface area contributed by atoms with Gasteiger partial charge in [0.2, 0.25) is 47.3 Å².